The van der Waals surface area contributed by atoms with Crippen molar-refractivity contribution in [3.63, 3.8) is 0 Å². The maximum Gasteiger partial charge on any atom is 0.337 e. The molecule has 132 valence electrons. The number of rotatable bonds is 5. The number of hydrogen-bond acceptors (Lipinski definition) is 6. The average Bonchev–Trinajstić information content (AvgIpc) is 2.64. The summed E-state index contributed by atoms with van der Waals surface area (Å²) in [7, 11) is 1.35. The van der Waals surface area contributed by atoms with Crippen LogP contribution in [0.4, 0.5) is 23.0 Å². The molecule has 1 aromatic heterocycles. The minimum atomic E-state index is -0.394. The van der Waals surface area contributed by atoms with Gasteiger partial charge in [-0.3, -0.25) is 0 Å². The van der Waals surface area contributed by atoms with E-state index in [1.54, 1.807) is 24.3 Å². The number of carbonyl (C=O) groups excluding carboxylic acids is 1. The van der Waals surface area contributed by atoms with Gasteiger partial charge in [0.25, 0.3) is 0 Å². The first kappa shape index (κ1) is 17.7. The maximum absolute atomic E-state index is 11.6. The molecule has 26 heavy (non-hydrogen) atoms. The van der Waals surface area contributed by atoms with E-state index in [9.17, 15) is 4.79 Å². The minimum absolute atomic E-state index is 0.394. The van der Waals surface area contributed by atoms with Crippen molar-refractivity contribution in [1.29, 1.82) is 0 Å². The number of aromatic nitrogens is 2. The first-order valence-corrected chi connectivity index (χ1v) is 8.23. The van der Waals surface area contributed by atoms with Crippen LogP contribution in [-0.4, -0.2) is 23.0 Å². The van der Waals surface area contributed by atoms with Crippen molar-refractivity contribution < 1.29 is 9.53 Å². The largest absolute Gasteiger partial charge is 0.465 e. The fraction of sp³-hybridized carbons (Fsp3) is 0.105. The Kier molecular flexibility index (Phi) is 5.34. The van der Waals surface area contributed by atoms with E-state index in [-0.39, 0.29) is 0 Å². The molecule has 0 spiro atoms. The smallest absolute Gasteiger partial charge is 0.337 e. The summed E-state index contributed by atoms with van der Waals surface area (Å²) in [4.78, 5) is 20.0. The van der Waals surface area contributed by atoms with Crippen LogP contribution in [0.1, 0.15) is 15.9 Å². The molecule has 0 amide bonds. The lowest BCUT2D eigenvalue weighted by Crippen LogP contribution is -2.02. The van der Waals surface area contributed by atoms with Crippen LogP contribution in [0.25, 0.3) is 0 Å². The fourth-order valence-corrected chi connectivity index (χ4v) is 2.48. The van der Waals surface area contributed by atoms with Crippen LogP contribution >= 0.6 is 11.6 Å². The molecular formula is C19H17ClN4O2. The van der Waals surface area contributed by atoms with Crippen LogP contribution < -0.4 is 10.6 Å². The third-order valence-corrected chi connectivity index (χ3v) is 4.07. The Morgan fingerprint density at radius 3 is 2.35 bits per heavy atom. The van der Waals surface area contributed by atoms with Crippen LogP contribution in [0.2, 0.25) is 5.02 Å². The van der Waals surface area contributed by atoms with Gasteiger partial charge in [0.1, 0.15) is 18.0 Å². The molecule has 0 unspecified atom stereocenters. The Balaban J connectivity index is 1.77. The topological polar surface area (TPSA) is 76.1 Å². The summed E-state index contributed by atoms with van der Waals surface area (Å²) in [5.74, 6) is 0.809. The van der Waals surface area contributed by atoms with Crippen LogP contribution in [-0.2, 0) is 4.74 Å². The van der Waals surface area contributed by atoms with Gasteiger partial charge in [-0.05, 0) is 42.8 Å². The quantitative estimate of drug-likeness (QED) is 0.635. The monoisotopic (exact) mass is 368 g/mol. The molecule has 3 rings (SSSR count). The standard InChI is InChI=1S/C19H17ClN4O2/c1-12-6-7-15(9-16(12)20)24-18-10-17(21-11-22-18)23-14-5-3-4-13(8-14)19(25)26-2/h3-11H,1-2H3,(H2,21,22,23,24). The van der Waals surface area contributed by atoms with Crippen LogP contribution in [0, 0.1) is 6.92 Å². The average molecular weight is 369 g/mol. The molecule has 7 heteroatoms. The number of carbonyl (C=O) groups is 1. The molecule has 0 bridgehead atoms. The fourth-order valence-electron chi connectivity index (χ4n) is 2.30. The number of nitrogens with one attached hydrogen (secondary N) is 2. The van der Waals surface area contributed by atoms with Crippen molar-refractivity contribution in [3.8, 4) is 0 Å². The van der Waals surface area contributed by atoms with E-state index in [2.05, 4.69) is 20.6 Å². The zero-order valence-corrected chi connectivity index (χ0v) is 15.0. The Bertz CT molecular complexity index is 946. The van der Waals surface area contributed by atoms with Crippen LogP contribution in [0.5, 0.6) is 0 Å². The highest BCUT2D eigenvalue weighted by molar-refractivity contribution is 6.31. The van der Waals surface area contributed by atoms with Gasteiger partial charge in [0.15, 0.2) is 0 Å². The number of esters is 1. The lowest BCUT2D eigenvalue weighted by molar-refractivity contribution is 0.0601. The van der Waals surface area contributed by atoms with Gasteiger partial charge in [-0.15, -0.1) is 0 Å². The number of ether oxygens (including phenoxy) is 1. The van der Waals surface area contributed by atoms with Gasteiger partial charge in [-0.1, -0.05) is 23.7 Å². The third kappa shape index (κ3) is 4.29. The zero-order valence-electron chi connectivity index (χ0n) is 14.3. The number of benzene rings is 2. The molecule has 3 aromatic rings. The molecule has 0 saturated heterocycles. The normalized spacial score (nSPS) is 10.3. The number of hydrogen-bond donors (Lipinski definition) is 2. The second kappa shape index (κ2) is 7.84. The van der Waals surface area contributed by atoms with Gasteiger partial charge in [0.2, 0.25) is 0 Å². The van der Waals surface area contributed by atoms with E-state index < -0.39 is 5.97 Å². The molecule has 0 aliphatic heterocycles. The van der Waals surface area contributed by atoms with Gasteiger partial charge >= 0.3 is 5.97 Å². The molecule has 1 heterocycles. The Morgan fingerprint density at radius 2 is 1.69 bits per heavy atom. The van der Waals surface area contributed by atoms with Crippen LogP contribution in [0.15, 0.2) is 54.9 Å². The zero-order chi connectivity index (χ0) is 18.5. The first-order valence-electron chi connectivity index (χ1n) is 7.86. The lowest BCUT2D eigenvalue weighted by Gasteiger charge is -2.10. The summed E-state index contributed by atoms with van der Waals surface area (Å²) < 4.78 is 4.73. The van der Waals surface area contributed by atoms with Crippen molar-refractivity contribution in [3.05, 3.63) is 71.0 Å². The van der Waals surface area contributed by atoms with Gasteiger partial charge < -0.3 is 15.4 Å². The molecule has 0 fully saturated rings. The number of methoxy groups -OCH3 is 1. The molecule has 0 radical (unpaired) electrons. The summed E-state index contributed by atoms with van der Waals surface area (Å²) in [6.45, 7) is 1.95. The Hall–Kier alpha value is -3.12. The number of nitrogens with zero attached hydrogens (tertiary/aromatic N) is 2. The van der Waals surface area contributed by atoms with E-state index in [0.29, 0.717) is 22.2 Å². The van der Waals surface area contributed by atoms with E-state index >= 15 is 0 Å². The summed E-state index contributed by atoms with van der Waals surface area (Å²) in [6.07, 6.45) is 1.45. The second-order valence-corrected chi connectivity index (χ2v) is 5.98. The molecule has 6 nitrogen and oxygen atoms in total. The number of anilines is 4. The summed E-state index contributed by atoms with van der Waals surface area (Å²) in [5, 5.41) is 7.01. The second-order valence-electron chi connectivity index (χ2n) is 5.57. The van der Waals surface area contributed by atoms with Crippen molar-refractivity contribution in [2.75, 3.05) is 17.7 Å². The van der Waals surface area contributed by atoms with Crippen molar-refractivity contribution >= 4 is 40.6 Å². The highest BCUT2D eigenvalue weighted by Gasteiger charge is 2.07. The number of halogens is 1. The molecule has 0 aliphatic rings. The molecule has 2 N–H and O–H groups in total. The van der Waals surface area contributed by atoms with Crippen LogP contribution in [0.3, 0.4) is 0 Å². The van der Waals surface area contributed by atoms with Crippen molar-refractivity contribution in [2.45, 2.75) is 6.92 Å². The highest BCUT2D eigenvalue weighted by Crippen LogP contribution is 2.24. The maximum atomic E-state index is 11.6. The molecule has 0 saturated carbocycles. The first-order chi connectivity index (χ1) is 12.5. The van der Waals surface area contributed by atoms with Gasteiger partial charge in [-0.25, -0.2) is 14.8 Å². The van der Waals surface area contributed by atoms with Gasteiger partial charge in [0.05, 0.1) is 12.7 Å². The summed E-state index contributed by atoms with van der Waals surface area (Å²) in [5.41, 5.74) is 3.01. The van der Waals surface area contributed by atoms with E-state index in [4.69, 9.17) is 16.3 Å². The number of aryl methyl sites for hydroxylation is 1. The van der Waals surface area contributed by atoms with Crippen molar-refractivity contribution in [2.24, 2.45) is 0 Å². The third-order valence-electron chi connectivity index (χ3n) is 3.67. The van der Waals surface area contributed by atoms with E-state index in [1.807, 2.05) is 31.2 Å². The van der Waals surface area contributed by atoms with E-state index in [1.165, 1.54) is 13.4 Å². The molecule has 0 aliphatic carbocycles. The Labute approximate surface area is 156 Å². The van der Waals surface area contributed by atoms with Crippen molar-refractivity contribution in [1.82, 2.24) is 9.97 Å². The predicted molar refractivity (Wildman–Crippen MR) is 103 cm³/mol. The molecule has 2 aromatic carbocycles. The Morgan fingerprint density at radius 1 is 1.00 bits per heavy atom. The van der Waals surface area contributed by atoms with Gasteiger partial charge in [0, 0.05) is 22.5 Å². The minimum Gasteiger partial charge on any atom is -0.465 e. The summed E-state index contributed by atoms with van der Waals surface area (Å²) >= 11 is 6.15. The lowest BCUT2D eigenvalue weighted by atomic mass is 10.2. The van der Waals surface area contributed by atoms with E-state index in [0.717, 1.165) is 16.9 Å². The molecule has 0 atom stereocenters. The SMILES string of the molecule is COC(=O)c1cccc(Nc2cc(Nc3ccc(C)c(Cl)c3)ncn2)c1. The highest BCUT2D eigenvalue weighted by atomic mass is 35.5. The van der Waals surface area contributed by atoms with Gasteiger partial charge in [-0.2, -0.15) is 0 Å². The molecular weight excluding hydrogens is 352 g/mol. The summed E-state index contributed by atoms with van der Waals surface area (Å²) in [6, 6.07) is 14.4. The predicted octanol–water partition coefficient (Wildman–Crippen LogP) is 4.71.